The molecule has 1 rings (SSSR count). The molecule has 0 aliphatic rings. The first-order valence-corrected chi connectivity index (χ1v) is 8.34. The molecule has 1 aromatic rings. The lowest BCUT2D eigenvalue weighted by Gasteiger charge is -2.09. The molecule has 4 nitrogen and oxygen atoms in total. The van der Waals surface area contributed by atoms with E-state index in [1.807, 2.05) is 19.1 Å². The van der Waals surface area contributed by atoms with Gasteiger partial charge in [-0.1, -0.05) is 24.8 Å². The highest BCUT2D eigenvalue weighted by atomic mass is 32.2. The third-order valence-electron chi connectivity index (χ3n) is 2.69. The average Bonchev–Trinajstić information content (AvgIpc) is 2.41. The van der Waals surface area contributed by atoms with Gasteiger partial charge in [-0.2, -0.15) is 0 Å². The minimum absolute atomic E-state index is 0.000878. The molecule has 0 amide bonds. The molecule has 0 spiro atoms. The van der Waals surface area contributed by atoms with E-state index >= 15 is 0 Å². The normalized spacial score (nSPS) is 10.8. The second kappa shape index (κ2) is 7.93. The van der Waals surface area contributed by atoms with E-state index in [9.17, 15) is 8.42 Å². The summed E-state index contributed by atoms with van der Waals surface area (Å²) < 4.78 is 28.3. The molecule has 0 fully saturated rings. The SMILES string of the molecule is CCS(=O)(=O)CCOc1ccc(C)cc1C#CCCO. The van der Waals surface area contributed by atoms with Gasteiger partial charge in [0.15, 0.2) is 9.84 Å². The number of aryl methyl sites for hydroxylation is 1. The Morgan fingerprint density at radius 1 is 1.35 bits per heavy atom. The van der Waals surface area contributed by atoms with Crippen LogP contribution in [0.15, 0.2) is 18.2 Å². The van der Waals surface area contributed by atoms with Crippen LogP contribution in [0, 0.1) is 18.8 Å². The van der Waals surface area contributed by atoms with Crippen molar-refractivity contribution in [3.8, 4) is 17.6 Å². The number of hydrogen-bond donors (Lipinski definition) is 1. The lowest BCUT2D eigenvalue weighted by molar-refractivity contribution is 0.305. The van der Waals surface area contributed by atoms with E-state index in [1.54, 1.807) is 13.0 Å². The molecule has 0 aromatic heterocycles. The number of aliphatic hydroxyl groups excluding tert-OH is 1. The molecule has 0 saturated heterocycles. The highest BCUT2D eigenvalue weighted by molar-refractivity contribution is 7.91. The molecular weight excluding hydrogens is 276 g/mol. The van der Waals surface area contributed by atoms with Gasteiger partial charge in [0.25, 0.3) is 0 Å². The van der Waals surface area contributed by atoms with Crippen molar-refractivity contribution in [3.63, 3.8) is 0 Å². The van der Waals surface area contributed by atoms with E-state index in [1.165, 1.54) is 0 Å². The quantitative estimate of drug-likeness (QED) is 0.809. The van der Waals surface area contributed by atoms with Crippen LogP contribution in [-0.2, 0) is 9.84 Å². The molecule has 110 valence electrons. The fraction of sp³-hybridized carbons (Fsp3) is 0.467. The molecule has 0 heterocycles. The number of hydrogen-bond acceptors (Lipinski definition) is 4. The van der Waals surface area contributed by atoms with Gasteiger partial charge in [-0.05, 0) is 24.6 Å². The highest BCUT2D eigenvalue weighted by Gasteiger charge is 2.08. The van der Waals surface area contributed by atoms with E-state index in [-0.39, 0.29) is 24.7 Å². The minimum Gasteiger partial charge on any atom is -0.491 e. The van der Waals surface area contributed by atoms with Gasteiger partial charge in [-0.15, -0.1) is 0 Å². The average molecular weight is 296 g/mol. The van der Waals surface area contributed by atoms with Gasteiger partial charge in [0, 0.05) is 12.2 Å². The van der Waals surface area contributed by atoms with Gasteiger partial charge in [0.2, 0.25) is 0 Å². The third-order valence-corrected chi connectivity index (χ3v) is 4.35. The van der Waals surface area contributed by atoms with Crippen LogP contribution in [0.5, 0.6) is 5.75 Å². The van der Waals surface area contributed by atoms with Gasteiger partial charge in [-0.3, -0.25) is 0 Å². The molecule has 0 aliphatic heterocycles. The lowest BCUT2D eigenvalue weighted by atomic mass is 10.1. The molecule has 0 saturated carbocycles. The summed E-state index contributed by atoms with van der Waals surface area (Å²) in [6.45, 7) is 3.70. The summed E-state index contributed by atoms with van der Waals surface area (Å²) in [5, 5.41) is 8.73. The second-order valence-corrected chi connectivity index (χ2v) is 6.83. The maximum Gasteiger partial charge on any atom is 0.153 e. The van der Waals surface area contributed by atoms with Gasteiger partial charge in [-0.25, -0.2) is 8.42 Å². The molecule has 1 aromatic carbocycles. The number of benzene rings is 1. The summed E-state index contributed by atoms with van der Waals surface area (Å²) >= 11 is 0. The van der Waals surface area contributed by atoms with E-state index in [0.717, 1.165) is 5.56 Å². The highest BCUT2D eigenvalue weighted by Crippen LogP contribution is 2.19. The lowest BCUT2D eigenvalue weighted by Crippen LogP contribution is -2.15. The summed E-state index contributed by atoms with van der Waals surface area (Å²) in [5.74, 6) is 6.47. The standard InChI is InChI=1S/C15H20O4S/c1-3-20(17,18)11-10-19-15-8-7-13(2)12-14(15)6-4-5-9-16/h7-8,12,16H,3,5,9-11H2,1-2H3. The zero-order valence-electron chi connectivity index (χ0n) is 11.8. The first-order valence-electron chi connectivity index (χ1n) is 6.52. The van der Waals surface area contributed by atoms with Gasteiger partial charge in [0.05, 0.1) is 17.9 Å². The largest absolute Gasteiger partial charge is 0.491 e. The van der Waals surface area contributed by atoms with Gasteiger partial charge < -0.3 is 9.84 Å². The van der Waals surface area contributed by atoms with E-state index in [4.69, 9.17) is 9.84 Å². The number of rotatable bonds is 6. The van der Waals surface area contributed by atoms with Crippen molar-refractivity contribution in [2.75, 3.05) is 24.7 Å². The predicted octanol–water partition coefficient (Wildman–Crippen LogP) is 1.54. The molecule has 0 bridgehead atoms. The van der Waals surface area contributed by atoms with Crippen LogP contribution in [0.2, 0.25) is 0 Å². The van der Waals surface area contributed by atoms with Gasteiger partial charge >= 0.3 is 0 Å². The van der Waals surface area contributed by atoms with Crippen molar-refractivity contribution in [1.82, 2.24) is 0 Å². The minimum atomic E-state index is -3.03. The summed E-state index contributed by atoms with van der Waals surface area (Å²) in [5.41, 5.74) is 1.76. The van der Waals surface area contributed by atoms with Crippen molar-refractivity contribution in [3.05, 3.63) is 29.3 Å². The Labute approximate surface area is 120 Å². The van der Waals surface area contributed by atoms with E-state index < -0.39 is 9.84 Å². The first kappa shape index (κ1) is 16.5. The Bertz CT molecular complexity index is 594. The predicted molar refractivity (Wildman–Crippen MR) is 79.6 cm³/mol. The Kier molecular flexibility index (Phi) is 6.56. The first-order chi connectivity index (χ1) is 9.48. The molecule has 20 heavy (non-hydrogen) atoms. The summed E-state index contributed by atoms with van der Waals surface area (Å²) in [4.78, 5) is 0. The van der Waals surface area contributed by atoms with Gasteiger partial charge in [0.1, 0.15) is 12.4 Å². The van der Waals surface area contributed by atoms with Crippen molar-refractivity contribution in [1.29, 1.82) is 0 Å². The fourth-order valence-electron chi connectivity index (χ4n) is 1.50. The second-order valence-electron chi connectivity index (χ2n) is 4.36. The third kappa shape index (κ3) is 5.64. The Morgan fingerprint density at radius 2 is 2.10 bits per heavy atom. The molecule has 0 unspecified atom stereocenters. The molecule has 0 atom stereocenters. The Hall–Kier alpha value is -1.51. The van der Waals surface area contributed by atoms with Crippen LogP contribution in [0.25, 0.3) is 0 Å². The molecular formula is C15H20O4S. The van der Waals surface area contributed by atoms with Crippen LogP contribution < -0.4 is 4.74 Å². The zero-order valence-corrected chi connectivity index (χ0v) is 12.7. The smallest absolute Gasteiger partial charge is 0.153 e. The topological polar surface area (TPSA) is 63.6 Å². The fourth-order valence-corrected chi connectivity index (χ4v) is 2.13. The van der Waals surface area contributed by atoms with Crippen molar-refractivity contribution in [2.45, 2.75) is 20.3 Å². The van der Waals surface area contributed by atoms with Crippen LogP contribution >= 0.6 is 0 Å². The monoisotopic (exact) mass is 296 g/mol. The zero-order chi connectivity index (χ0) is 15.0. The molecule has 5 heteroatoms. The van der Waals surface area contributed by atoms with Crippen LogP contribution in [0.3, 0.4) is 0 Å². The summed E-state index contributed by atoms with van der Waals surface area (Å²) in [6.07, 6.45) is 0.400. The molecule has 0 aliphatic carbocycles. The number of ether oxygens (including phenoxy) is 1. The summed E-state index contributed by atoms with van der Waals surface area (Å²) in [7, 11) is -3.03. The van der Waals surface area contributed by atoms with E-state index in [2.05, 4.69) is 11.8 Å². The van der Waals surface area contributed by atoms with Crippen LogP contribution in [0.1, 0.15) is 24.5 Å². The van der Waals surface area contributed by atoms with Crippen molar-refractivity contribution in [2.24, 2.45) is 0 Å². The Morgan fingerprint density at radius 3 is 2.75 bits per heavy atom. The molecule has 0 radical (unpaired) electrons. The van der Waals surface area contributed by atoms with Crippen molar-refractivity contribution < 1.29 is 18.3 Å². The van der Waals surface area contributed by atoms with E-state index in [0.29, 0.717) is 17.7 Å². The van der Waals surface area contributed by atoms with Crippen LogP contribution in [-0.4, -0.2) is 38.2 Å². The maximum absolute atomic E-state index is 11.4. The number of sulfone groups is 1. The molecule has 1 N–H and O–H groups in total. The van der Waals surface area contributed by atoms with Crippen LogP contribution in [0.4, 0.5) is 0 Å². The Balaban J connectivity index is 2.77. The maximum atomic E-state index is 11.4. The number of aliphatic hydroxyl groups is 1. The summed E-state index contributed by atoms with van der Waals surface area (Å²) in [6, 6.07) is 5.56. The van der Waals surface area contributed by atoms with Crippen molar-refractivity contribution >= 4 is 9.84 Å².